The minimum absolute atomic E-state index is 0.0258. The van der Waals surface area contributed by atoms with Crippen LogP contribution in [0.1, 0.15) is 38.0 Å². The molecule has 0 radical (unpaired) electrons. The van der Waals surface area contributed by atoms with E-state index in [2.05, 4.69) is 18.3 Å². The monoisotopic (exact) mass is 289 g/mol. The maximum Gasteiger partial charge on any atom is 0.176 e. The lowest BCUT2D eigenvalue weighted by Crippen LogP contribution is -2.48. The summed E-state index contributed by atoms with van der Waals surface area (Å²) in [4.78, 5) is 0. The molecular weight excluding hydrogens is 266 g/mol. The molecule has 0 spiro atoms. The number of furan rings is 1. The van der Waals surface area contributed by atoms with E-state index in [9.17, 15) is 0 Å². The van der Waals surface area contributed by atoms with E-state index in [1.54, 1.807) is 14.2 Å². The van der Waals surface area contributed by atoms with Crippen molar-refractivity contribution in [1.82, 2.24) is 5.32 Å². The van der Waals surface area contributed by atoms with Crippen LogP contribution < -0.4 is 10.1 Å². The summed E-state index contributed by atoms with van der Waals surface area (Å²) in [6.45, 7) is 2.98. The molecule has 1 atom stereocenters. The van der Waals surface area contributed by atoms with Gasteiger partial charge in [-0.3, -0.25) is 0 Å². The summed E-state index contributed by atoms with van der Waals surface area (Å²) < 4.78 is 17.0. The second-order valence-corrected chi connectivity index (χ2v) is 5.87. The number of para-hydroxylation sites is 1. The average Bonchev–Trinajstić information content (AvgIpc) is 2.90. The standard InChI is InChI=1S/C17H23NO3/c1-12(18-11-17(20-3)8-5-9-17)15-10-13-6-4-7-14(19-2)16(13)21-15/h4,6-7,10,12,18H,5,8-9,11H2,1-3H3. The fraction of sp³-hybridized carbons (Fsp3) is 0.529. The molecule has 1 fully saturated rings. The first-order chi connectivity index (χ1) is 10.2. The first-order valence-corrected chi connectivity index (χ1v) is 7.52. The Hall–Kier alpha value is -1.52. The fourth-order valence-corrected chi connectivity index (χ4v) is 2.89. The Bertz CT molecular complexity index is 610. The molecule has 0 amide bonds. The zero-order chi connectivity index (χ0) is 14.9. The Balaban J connectivity index is 1.74. The number of hydrogen-bond donors (Lipinski definition) is 1. The van der Waals surface area contributed by atoms with Crippen molar-refractivity contribution in [3.8, 4) is 5.75 Å². The Morgan fingerprint density at radius 2 is 2.14 bits per heavy atom. The number of methoxy groups -OCH3 is 2. The smallest absolute Gasteiger partial charge is 0.176 e. The van der Waals surface area contributed by atoms with Gasteiger partial charge in [0, 0.05) is 19.0 Å². The van der Waals surface area contributed by atoms with Crippen molar-refractivity contribution in [2.24, 2.45) is 0 Å². The van der Waals surface area contributed by atoms with Crippen molar-refractivity contribution >= 4 is 11.0 Å². The van der Waals surface area contributed by atoms with Crippen molar-refractivity contribution < 1.29 is 13.9 Å². The summed E-state index contributed by atoms with van der Waals surface area (Å²) in [6, 6.07) is 8.17. The van der Waals surface area contributed by atoms with Gasteiger partial charge in [-0.25, -0.2) is 0 Å². The lowest BCUT2D eigenvalue weighted by atomic mass is 9.80. The first-order valence-electron chi connectivity index (χ1n) is 7.52. The summed E-state index contributed by atoms with van der Waals surface area (Å²) in [6.07, 6.45) is 3.53. The third kappa shape index (κ3) is 2.65. The number of nitrogens with one attached hydrogen (secondary N) is 1. The highest BCUT2D eigenvalue weighted by atomic mass is 16.5. The van der Waals surface area contributed by atoms with Crippen LogP contribution in [0.2, 0.25) is 0 Å². The van der Waals surface area contributed by atoms with Crippen LogP contribution in [-0.2, 0) is 4.74 Å². The molecule has 4 nitrogen and oxygen atoms in total. The molecule has 3 rings (SSSR count). The van der Waals surface area contributed by atoms with Gasteiger partial charge < -0.3 is 19.2 Å². The predicted molar refractivity (Wildman–Crippen MR) is 82.8 cm³/mol. The summed E-state index contributed by atoms with van der Waals surface area (Å²) in [5.74, 6) is 1.71. The average molecular weight is 289 g/mol. The van der Waals surface area contributed by atoms with Gasteiger partial charge in [-0.1, -0.05) is 12.1 Å². The maximum atomic E-state index is 5.97. The Kier molecular flexibility index (Phi) is 3.91. The summed E-state index contributed by atoms with van der Waals surface area (Å²) in [5, 5.41) is 4.60. The molecule has 1 aliphatic carbocycles. The van der Waals surface area contributed by atoms with E-state index in [1.165, 1.54) is 6.42 Å². The molecular formula is C17H23NO3. The van der Waals surface area contributed by atoms with Gasteiger partial charge in [-0.2, -0.15) is 0 Å². The molecule has 0 saturated heterocycles. The number of hydrogen-bond acceptors (Lipinski definition) is 4. The van der Waals surface area contributed by atoms with Gasteiger partial charge in [0.1, 0.15) is 5.76 Å². The molecule has 1 N–H and O–H groups in total. The van der Waals surface area contributed by atoms with Crippen molar-refractivity contribution in [2.75, 3.05) is 20.8 Å². The molecule has 1 aromatic carbocycles. The van der Waals surface area contributed by atoms with E-state index in [4.69, 9.17) is 13.9 Å². The quantitative estimate of drug-likeness (QED) is 0.881. The van der Waals surface area contributed by atoms with Crippen LogP contribution in [0.4, 0.5) is 0 Å². The van der Waals surface area contributed by atoms with E-state index in [0.29, 0.717) is 0 Å². The van der Waals surface area contributed by atoms with Gasteiger partial charge in [0.2, 0.25) is 0 Å². The molecule has 2 aromatic rings. The minimum Gasteiger partial charge on any atom is -0.493 e. The Labute approximate surface area is 125 Å². The highest BCUT2D eigenvalue weighted by molar-refractivity contribution is 5.83. The number of ether oxygens (including phenoxy) is 2. The largest absolute Gasteiger partial charge is 0.493 e. The number of rotatable bonds is 6. The third-order valence-electron chi connectivity index (χ3n) is 4.60. The normalized spacial score (nSPS) is 18.4. The van der Waals surface area contributed by atoms with Gasteiger partial charge in [-0.15, -0.1) is 0 Å². The van der Waals surface area contributed by atoms with Crippen LogP contribution in [0.15, 0.2) is 28.7 Å². The summed E-state index contributed by atoms with van der Waals surface area (Å²) >= 11 is 0. The predicted octanol–water partition coefficient (Wildman–Crippen LogP) is 3.66. The second kappa shape index (κ2) is 5.70. The van der Waals surface area contributed by atoms with E-state index < -0.39 is 0 Å². The molecule has 0 bridgehead atoms. The zero-order valence-corrected chi connectivity index (χ0v) is 12.9. The molecule has 21 heavy (non-hydrogen) atoms. The van der Waals surface area contributed by atoms with Crippen molar-refractivity contribution in [2.45, 2.75) is 37.8 Å². The van der Waals surface area contributed by atoms with Crippen LogP contribution in [0.5, 0.6) is 5.75 Å². The van der Waals surface area contributed by atoms with Gasteiger partial charge >= 0.3 is 0 Å². The Morgan fingerprint density at radius 3 is 2.76 bits per heavy atom. The van der Waals surface area contributed by atoms with Gasteiger partial charge in [0.15, 0.2) is 11.3 Å². The highest BCUT2D eigenvalue weighted by Gasteiger charge is 2.37. The molecule has 114 valence electrons. The Morgan fingerprint density at radius 1 is 1.33 bits per heavy atom. The van der Waals surface area contributed by atoms with E-state index in [1.807, 2.05) is 18.2 Å². The molecule has 1 aromatic heterocycles. The molecule has 4 heteroatoms. The molecule has 1 aliphatic rings. The lowest BCUT2D eigenvalue weighted by molar-refractivity contribution is -0.0709. The molecule has 1 heterocycles. The maximum absolute atomic E-state index is 5.97. The van der Waals surface area contributed by atoms with Crippen LogP contribution in [0, 0.1) is 0 Å². The number of benzene rings is 1. The topological polar surface area (TPSA) is 43.6 Å². The zero-order valence-electron chi connectivity index (χ0n) is 12.9. The highest BCUT2D eigenvalue weighted by Crippen LogP contribution is 2.35. The second-order valence-electron chi connectivity index (χ2n) is 5.87. The number of fused-ring (bicyclic) bond motifs is 1. The SMILES string of the molecule is COc1cccc2cc(C(C)NCC3(OC)CCC3)oc12. The van der Waals surface area contributed by atoms with E-state index in [-0.39, 0.29) is 11.6 Å². The van der Waals surface area contributed by atoms with Crippen molar-refractivity contribution in [3.63, 3.8) is 0 Å². The fourth-order valence-electron chi connectivity index (χ4n) is 2.89. The first kappa shape index (κ1) is 14.4. The van der Waals surface area contributed by atoms with Crippen LogP contribution in [-0.4, -0.2) is 26.4 Å². The third-order valence-corrected chi connectivity index (χ3v) is 4.60. The molecule has 1 saturated carbocycles. The summed E-state index contributed by atoms with van der Waals surface area (Å²) in [7, 11) is 3.47. The van der Waals surface area contributed by atoms with Crippen molar-refractivity contribution in [1.29, 1.82) is 0 Å². The van der Waals surface area contributed by atoms with Crippen molar-refractivity contribution in [3.05, 3.63) is 30.0 Å². The van der Waals surface area contributed by atoms with Crippen LogP contribution >= 0.6 is 0 Å². The van der Waals surface area contributed by atoms with Gasteiger partial charge in [0.05, 0.1) is 18.8 Å². The molecule has 0 aliphatic heterocycles. The van der Waals surface area contributed by atoms with Crippen LogP contribution in [0.25, 0.3) is 11.0 Å². The minimum atomic E-state index is 0.0258. The lowest BCUT2D eigenvalue weighted by Gasteiger charge is -2.41. The van der Waals surface area contributed by atoms with E-state index in [0.717, 1.165) is 41.9 Å². The van der Waals surface area contributed by atoms with Crippen LogP contribution in [0.3, 0.4) is 0 Å². The van der Waals surface area contributed by atoms with Gasteiger partial charge in [0.25, 0.3) is 0 Å². The molecule has 1 unspecified atom stereocenters. The van der Waals surface area contributed by atoms with Gasteiger partial charge in [-0.05, 0) is 38.3 Å². The van der Waals surface area contributed by atoms with E-state index >= 15 is 0 Å². The summed E-state index contributed by atoms with van der Waals surface area (Å²) in [5.41, 5.74) is 0.839.